The van der Waals surface area contributed by atoms with E-state index in [9.17, 15) is 9.59 Å². The van der Waals surface area contributed by atoms with Gasteiger partial charge in [0.1, 0.15) is 5.75 Å². The fraction of sp³-hybridized carbons (Fsp3) is 0.385. The van der Waals surface area contributed by atoms with E-state index in [1.54, 1.807) is 6.07 Å². The second-order valence-electron chi connectivity index (χ2n) is 4.48. The minimum absolute atomic E-state index is 0.0356. The predicted octanol–water partition coefficient (Wildman–Crippen LogP) is 1.32. The molecule has 1 rings (SSSR count). The lowest BCUT2D eigenvalue weighted by atomic mass is 10.0. The maximum atomic E-state index is 11.8. The SMILES string of the molecule is COc1ccc(NC(=O)C(N)C(C)C)c(C(=O)O)c1. The first kappa shape index (κ1) is 15.0. The van der Waals surface area contributed by atoms with E-state index in [0.29, 0.717) is 5.75 Å². The van der Waals surface area contributed by atoms with Crippen molar-refractivity contribution in [2.45, 2.75) is 19.9 Å². The van der Waals surface area contributed by atoms with Crippen molar-refractivity contribution in [1.82, 2.24) is 0 Å². The highest BCUT2D eigenvalue weighted by Gasteiger charge is 2.20. The minimum atomic E-state index is -1.15. The summed E-state index contributed by atoms with van der Waals surface area (Å²) in [5, 5.41) is 11.6. The van der Waals surface area contributed by atoms with Gasteiger partial charge in [-0.05, 0) is 24.1 Å². The number of hydrogen-bond acceptors (Lipinski definition) is 4. The Bertz CT molecular complexity index is 486. The van der Waals surface area contributed by atoms with Crippen molar-refractivity contribution in [1.29, 1.82) is 0 Å². The van der Waals surface area contributed by atoms with Crippen LogP contribution in [0.15, 0.2) is 18.2 Å². The molecule has 1 amide bonds. The summed E-state index contributed by atoms with van der Waals surface area (Å²) in [5.41, 5.74) is 5.87. The van der Waals surface area contributed by atoms with E-state index >= 15 is 0 Å². The van der Waals surface area contributed by atoms with Crippen molar-refractivity contribution >= 4 is 17.6 Å². The molecule has 1 aromatic carbocycles. The van der Waals surface area contributed by atoms with Crippen LogP contribution in [0, 0.1) is 5.92 Å². The number of hydrogen-bond donors (Lipinski definition) is 3. The lowest BCUT2D eigenvalue weighted by Gasteiger charge is -2.16. The van der Waals surface area contributed by atoms with Gasteiger partial charge in [0.15, 0.2) is 0 Å². The maximum absolute atomic E-state index is 11.8. The normalized spacial score (nSPS) is 12.1. The van der Waals surface area contributed by atoms with Gasteiger partial charge in [0.25, 0.3) is 0 Å². The highest BCUT2D eigenvalue weighted by atomic mass is 16.5. The summed E-state index contributed by atoms with van der Waals surface area (Å²) >= 11 is 0. The third-order valence-corrected chi connectivity index (χ3v) is 2.74. The van der Waals surface area contributed by atoms with E-state index in [1.807, 2.05) is 13.8 Å². The number of ether oxygens (including phenoxy) is 1. The molecule has 0 aromatic heterocycles. The maximum Gasteiger partial charge on any atom is 0.337 e. The van der Waals surface area contributed by atoms with Crippen LogP contribution < -0.4 is 15.8 Å². The van der Waals surface area contributed by atoms with Gasteiger partial charge in [-0.2, -0.15) is 0 Å². The molecule has 19 heavy (non-hydrogen) atoms. The first-order valence-electron chi connectivity index (χ1n) is 5.84. The zero-order valence-corrected chi connectivity index (χ0v) is 11.1. The lowest BCUT2D eigenvalue weighted by Crippen LogP contribution is -2.40. The highest BCUT2D eigenvalue weighted by molar-refractivity contribution is 6.02. The smallest absolute Gasteiger partial charge is 0.337 e. The second kappa shape index (κ2) is 6.19. The molecule has 1 aromatic rings. The number of aromatic carboxylic acids is 1. The van der Waals surface area contributed by atoms with Gasteiger partial charge >= 0.3 is 5.97 Å². The number of anilines is 1. The summed E-state index contributed by atoms with van der Waals surface area (Å²) in [7, 11) is 1.44. The average Bonchev–Trinajstić information content (AvgIpc) is 2.37. The molecule has 104 valence electrons. The van der Waals surface area contributed by atoms with Gasteiger partial charge < -0.3 is 20.9 Å². The molecule has 1 unspecified atom stereocenters. The summed E-state index contributed by atoms with van der Waals surface area (Å²) in [5.74, 6) is -1.19. The number of nitrogens with one attached hydrogen (secondary N) is 1. The summed E-state index contributed by atoms with van der Waals surface area (Å²) in [6.07, 6.45) is 0. The van der Waals surface area contributed by atoms with E-state index in [-0.39, 0.29) is 17.2 Å². The van der Waals surface area contributed by atoms with Gasteiger partial charge in [-0.25, -0.2) is 4.79 Å². The molecule has 6 heteroatoms. The predicted molar refractivity (Wildman–Crippen MR) is 71.4 cm³/mol. The van der Waals surface area contributed by atoms with Crippen LogP contribution in [0.5, 0.6) is 5.75 Å². The second-order valence-corrected chi connectivity index (χ2v) is 4.48. The van der Waals surface area contributed by atoms with Crippen LogP contribution in [0.2, 0.25) is 0 Å². The third-order valence-electron chi connectivity index (χ3n) is 2.74. The zero-order chi connectivity index (χ0) is 14.6. The Hall–Kier alpha value is -2.08. The van der Waals surface area contributed by atoms with Crippen molar-refractivity contribution < 1.29 is 19.4 Å². The molecule has 1 atom stereocenters. The van der Waals surface area contributed by atoms with Crippen LogP contribution in [0.1, 0.15) is 24.2 Å². The molecule has 0 aliphatic carbocycles. The van der Waals surface area contributed by atoms with Crippen molar-refractivity contribution in [3.8, 4) is 5.75 Å². The topological polar surface area (TPSA) is 102 Å². The van der Waals surface area contributed by atoms with Crippen molar-refractivity contribution in [2.24, 2.45) is 11.7 Å². The number of benzene rings is 1. The van der Waals surface area contributed by atoms with Gasteiger partial charge in [0, 0.05) is 0 Å². The van der Waals surface area contributed by atoms with Gasteiger partial charge in [0.2, 0.25) is 5.91 Å². The van der Waals surface area contributed by atoms with E-state index in [1.165, 1.54) is 19.2 Å². The first-order chi connectivity index (χ1) is 8.86. The summed E-state index contributed by atoms with van der Waals surface area (Å²) < 4.78 is 4.95. The fourth-order valence-electron chi connectivity index (χ4n) is 1.46. The largest absolute Gasteiger partial charge is 0.497 e. The van der Waals surface area contributed by atoms with Crippen LogP contribution >= 0.6 is 0 Å². The number of carbonyl (C=O) groups is 2. The van der Waals surface area contributed by atoms with Crippen LogP contribution in [0.3, 0.4) is 0 Å². The van der Waals surface area contributed by atoms with Gasteiger partial charge in [-0.3, -0.25) is 4.79 Å². The van der Waals surface area contributed by atoms with E-state index in [0.717, 1.165) is 0 Å². The monoisotopic (exact) mass is 266 g/mol. The number of carboxylic acids is 1. The molecule has 0 spiro atoms. The molecule has 0 fully saturated rings. The van der Waals surface area contributed by atoms with Crippen LogP contribution in [-0.2, 0) is 4.79 Å². The number of rotatable bonds is 5. The number of carboxylic acid groups (broad SMARTS) is 1. The van der Waals surface area contributed by atoms with Crippen LogP contribution in [0.4, 0.5) is 5.69 Å². The Morgan fingerprint density at radius 3 is 2.47 bits per heavy atom. The van der Waals surface area contributed by atoms with Crippen molar-refractivity contribution in [2.75, 3.05) is 12.4 Å². The number of methoxy groups -OCH3 is 1. The molecular formula is C13H18N2O4. The van der Waals surface area contributed by atoms with Gasteiger partial charge in [0.05, 0.1) is 24.4 Å². The molecule has 0 saturated carbocycles. The highest BCUT2D eigenvalue weighted by Crippen LogP contribution is 2.22. The van der Waals surface area contributed by atoms with Crippen molar-refractivity contribution in [3.63, 3.8) is 0 Å². The van der Waals surface area contributed by atoms with Crippen molar-refractivity contribution in [3.05, 3.63) is 23.8 Å². The Morgan fingerprint density at radius 1 is 1.37 bits per heavy atom. The minimum Gasteiger partial charge on any atom is -0.497 e. The molecule has 0 aliphatic rings. The molecule has 0 saturated heterocycles. The average molecular weight is 266 g/mol. The quantitative estimate of drug-likeness (QED) is 0.746. The molecular weight excluding hydrogens is 248 g/mol. The third kappa shape index (κ3) is 3.69. The molecule has 0 aliphatic heterocycles. The summed E-state index contributed by atoms with van der Waals surface area (Å²) in [6.45, 7) is 3.63. The van der Waals surface area contributed by atoms with E-state index in [2.05, 4.69) is 5.32 Å². The molecule has 0 heterocycles. The van der Waals surface area contributed by atoms with E-state index in [4.69, 9.17) is 15.6 Å². The summed E-state index contributed by atoms with van der Waals surface area (Å²) in [6, 6.07) is 3.71. The Kier molecular flexibility index (Phi) is 4.88. The zero-order valence-electron chi connectivity index (χ0n) is 11.1. The van der Waals surface area contributed by atoms with Crippen LogP contribution in [0.25, 0.3) is 0 Å². The van der Waals surface area contributed by atoms with Crippen LogP contribution in [-0.4, -0.2) is 30.1 Å². The fourth-order valence-corrected chi connectivity index (χ4v) is 1.46. The number of amides is 1. The van der Waals surface area contributed by atoms with Gasteiger partial charge in [-0.1, -0.05) is 13.8 Å². The first-order valence-corrected chi connectivity index (χ1v) is 5.84. The Morgan fingerprint density at radius 2 is 2.00 bits per heavy atom. The molecule has 6 nitrogen and oxygen atoms in total. The summed E-state index contributed by atoms with van der Waals surface area (Å²) in [4.78, 5) is 23.0. The number of carbonyl (C=O) groups excluding carboxylic acids is 1. The lowest BCUT2D eigenvalue weighted by molar-refractivity contribution is -0.118. The van der Waals surface area contributed by atoms with Gasteiger partial charge in [-0.15, -0.1) is 0 Å². The van der Waals surface area contributed by atoms with E-state index < -0.39 is 17.9 Å². The number of nitrogens with two attached hydrogens (primary N) is 1. The Labute approximate surface area is 111 Å². The molecule has 0 bridgehead atoms. The molecule has 4 N–H and O–H groups in total. The molecule has 0 radical (unpaired) electrons. The Balaban J connectivity index is 3.01. The standard InChI is InChI=1S/C13H18N2O4/c1-7(2)11(14)12(16)15-10-5-4-8(19-3)6-9(10)13(17)18/h4-7,11H,14H2,1-3H3,(H,15,16)(H,17,18).